The molecule has 0 aliphatic carbocycles. The van der Waals surface area contributed by atoms with E-state index in [1.165, 1.54) is 0 Å². The van der Waals surface area contributed by atoms with Crippen molar-refractivity contribution in [3.63, 3.8) is 0 Å². The number of aliphatic hydroxyl groups excluding tert-OH is 2. The number of aryl methyl sites for hydroxylation is 1. The Morgan fingerprint density at radius 3 is 2.86 bits per heavy atom. The summed E-state index contributed by atoms with van der Waals surface area (Å²) in [4.78, 5) is 35.0. The van der Waals surface area contributed by atoms with Crippen molar-refractivity contribution < 1.29 is 15.0 Å². The van der Waals surface area contributed by atoms with Gasteiger partial charge in [-0.1, -0.05) is 0 Å². The molecule has 3 aromatic rings. The number of hydrogen-bond donors (Lipinski definition) is 3. The standard InChI is InChI=1S/C19H25N5O4/c1-19(10-25,11-26)17(27)23-7-3-4-12(9-23)24-15-13-5-6-20-16(13)21-8-14(15)22(2)18(24)28/h5-6,8,12,25-26H,3-4,7,9-11H2,1-2H3,(H,20,21)/t12-/m1/s1. The molecule has 3 N–H and O–H groups in total. The Labute approximate surface area is 161 Å². The number of rotatable bonds is 4. The Morgan fingerprint density at radius 2 is 2.14 bits per heavy atom. The predicted octanol–water partition coefficient (Wildman–Crippen LogP) is 0.371. The van der Waals surface area contributed by atoms with Gasteiger partial charge in [0, 0.05) is 31.7 Å². The number of aromatic amines is 1. The lowest BCUT2D eigenvalue weighted by atomic mass is 9.89. The molecule has 1 fully saturated rings. The summed E-state index contributed by atoms with van der Waals surface area (Å²) in [7, 11) is 1.72. The number of carbonyl (C=O) groups is 1. The number of nitrogens with zero attached hydrogens (tertiary/aromatic N) is 4. The van der Waals surface area contributed by atoms with E-state index >= 15 is 0 Å². The molecule has 0 saturated carbocycles. The summed E-state index contributed by atoms with van der Waals surface area (Å²) in [6.07, 6.45) is 5.00. The third-order valence-electron chi connectivity index (χ3n) is 5.90. The van der Waals surface area contributed by atoms with E-state index in [1.807, 2.05) is 6.07 Å². The smallest absolute Gasteiger partial charge is 0.329 e. The van der Waals surface area contributed by atoms with Crippen LogP contribution in [0.15, 0.2) is 23.3 Å². The number of carbonyl (C=O) groups excluding carboxylic acids is 1. The molecule has 4 rings (SSSR count). The largest absolute Gasteiger partial charge is 0.395 e. The molecule has 9 heteroatoms. The molecule has 0 unspecified atom stereocenters. The fraction of sp³-hybridized carbons (Fsp3) is 0.526. The van der Waals surface area contributed by atoms with Gasteiger partial charge in [0.15, 0.2) is 0 Å². The van der Waals surface area contributed by atoms with Gasteiger partial charge in [-0.25, -0.2) is 9.78 Å². The summed E-state index contributed by atoms with van der Waals surface area (Å²) in [6.45, 7) is 1.62. The maximum absolute atomic E-state index is 13.0. The summed E-state index contributed by atoms with van der Waals surface area (Å²) in [6, 6.07) is 1.72. The molecule has 0 aromatic carbocycles. The predicted molar refractivity (Wildman–Crippen MR) is 104 cm³/mol. The normalized spacial score (nSPS) is 18.3. The highest BCUT2D eigenvalue weighted by Crippen LogP contribution is 2.30. The first-order valence-corrected chi connectivity index (χ1v) is 9.45. The first kappa shape index (κ1) is 18.7. The zero-order chi connectivity index (χ0) is 20.1. The van der Waals surface area contributed by atoms with Crippen LogP contribution in [0.1, 0.15) is 25.8 Å². The summed E-state index contributed by atoms with van der Waals surface area (Å²) >= 11 is 0. The van der Waals surface area contributed by atoms with E-state index in [9.17, 15) is 19.8 Å². The monoisotopic (exact) mass is 387 g/mol. The van der Waals surface area contributed by atoms with Gasteiger partial charge in [0.2, 0.25) is 5.91 Å². The number of aromatic nitrogens is 4. The van der Waals surface area contributed by atoms with E-state index in [-0.39, 0.29) is 17.6 Å². The van der Waals surface area contributed by atoms with Crippen LogP contribution in [-0.2, 0) is 11.8 Å². The van der Waals surface area contributed by atoms with Crippen molar-refractivity contribution in [1.82, 2.24) is 24.0 Å². The molecule has 0 radical (unpaired) electrons. The molecule has 4 heterocycles. The van der Waals surface area contributed by atoms with Gasteiger partial charge in [0.1, 0.15) is 5.65 Å². The van der Waals surface area contributed by atoms with E-state index in [1.54, 1.807) is 40.4 Å². The molecule has 0 bridgehead atoms. The zero-order valence-corrected chi connectivity index (χ0v) is 16.1. The highest BCUT2D eigenvalue weighted by Gasteiger charge is 2.38. The summed E-state index contributed by atoms with van der Waals surface area (Å²) in [5.41, 5.74) is 0.908. The first-order valence-electron chi connectivity index (χ1n) is 9.45. The number of hydrogen-bond acceptors (Lipinski definition) is 5. The summed E-state index contributed by atoms with van der Waals surface area (Å²) in [5, 5.41) is 20.0. The lowest BCUT2D eigenvalue weighted by Gasteiger charge is -2.38. The minimum absolute atomic E-state index is 0.142. The van der Waals surface area contributed by atoms with Crippen molar-refractivity contribution in [3.8, 4) is 0 Å². The lowest BCUT2D eigenvalue weighted by molar-refractivity contribution is -0.148. The van der Waals surface area contributed by atoms with E-state index in [0.717, 1.165) is 29.3 Å². The Morgan fingerprint density at radius 1 is 1.39 bits per heavy atom. The average molecular weight is 387 g/mol. The first-order chi connectivity index (χ1) is 13.4. The van der Waals surface area contributed by atoms with Crippen LogP contribution in [0.25, 0.3) is 22.1 Å². The molecule has 1 atom stereocenters. The molecule has 1 aliphatic heterocycles. The van der Waals surface area contributed by atoms with Crippen molar-refractivity contribution in [2.45, 2.75) is 25.8 Å². The van der Waals surface area contributed by atoms with Crippen LogP contribution in [0.3, 0.4) is 0 Å². The van der Waals surface area contributed by atoms with E-state index in [0.29, 0.717) is 18.7 Å². The van der Waals surface area contributed by atoms with Gasteiger partial charge in [-0.2, -0.15) is 0 Å². The number of nitrogens with one attached hydrogen (secondary N) is 1. The van der Waals surface area contributed by atoms with Gasteiger partial charge in [-0.05, 0) is 25.8 Å². The molecule has 9 nitrogen and oxygen atoms in total. The fourth-order valence-electron chi connectivity index (χ4n) is 4.10. The Hall–Kier alpha value is -2.65. The lowest BCUT2D eigenvalue weighted by Crippen LogP contribution is -2.51. The molecule has 1 aliphatic rings. The van der Waals surface area contributed by atoms with Crippen molar-refractivity contribution in [2.24, 2.45) is 12.5 Å². The van der Waals surface area contributed by atoms with Crippen LogP contribution < -0.4 is 5.69 Å². The number of H-pyrrole nitrogens is 1. The maximum Gasteiger partial charge on any atom is 0.329 e. The molecular weight excluding hydrogens is 362 g/mol. The highest BCUT2D eigenvalue weighted by atomic mass is 16.3. The van der Waals surface area contributed by atoms with Crippen LogP contribution in [-0.4, -0.2) is 66.4 Å². The molecule has 1 amide bonds. The van der Waals surface area contributed by atoms with Crippen molar-refractivity contribution in [3.05, 3.63) is 28.9 Å². The number of pyridine rings is 1. The Kier molecular flexibility index (Phi) is 4.51. The SMILES string of the molecule is Cn1c(=O)n([C@@H]2CCCN(C(=O)C(C)(CO)CO)C2)c2c3cc[nH]c3ncc21. The van der Waals surface area contributed by atoms with Gasteiger partial charge in [-0.3, -0.25) is 13.9 Å². The van der Waals surface area contributed by atoms with Crippen LogP contribution in [0, 0.1) is 5.41 Å². The molecule has 28 heavy (non-hydrogen) atoms. The molecule has 3 aromatic heterocycles. The second kappa shape index (κ2) is 6.75. The highest BCUT2D eigenvalue weighted by molar-refractivity contribution is 6.01. The van der Waals surface area contributed by atoms with Crippen LogP contribution in [0.4, 0.5) is 0 Å². The number of aliphatic hydroxyl groups is 2. The summed E-state index contributed by atoms with van der Waals surface area (Å²) in [5.74, 6) is -0.288. The van der Waals surface area contributed by atoms with Gasteiger partial charge in [-0.15, -0.1) is 0 Å². The molecular formula is C19H25N5O4. The molecule has 1 saturated heterocycles. The number of likely N-dealkylation sites (tertiary alicyclic amines) is 1. The number of amides is 1. The second-order valence-electron chi connectivity index (χ2n) is 7.87. The maximum atomic E-state index is 13.0. The second-order valence-corrected chi connectivity index (χ2v) is 7.87. The third-order valence-corrected chi connectivity index (χ3v) is 5.90. The van der Waals surface area contributed by atoms with Crippen LogP contribution in [0.5, 0.6) is 0 Å². The number of imidazole rings is 1. The molecule has 150 valence electrons. The van der Waals surface area contributed by atoms with Crippen LogP contribution in [0.2, 0.25) is 0 Å². The number of piperidine rings is 1. The van der Waals surface area contributed by atoms with Crippen molar-refractivity contribution in [1.29, 1.82) is 0 Å². The Balaban J connectivity index is 1.78. The quantitative estimate of drug-likeness (QED) is 0.598. The fourth-order valence-corrected chi connectivity index (χ4v) is 4.10. The Bertz CT molecular complexity index is 1090. The topological polar surface area (TPSA) is 116 Å². The number of fused-ring (bicyclic) bond motifs is 3. The van der Waals surface area contributed by atoms with Crippen LogP contribution >= 0.6 is 0 Å². The zero-order valence-electron chi connectivity index (χ0n) is 16.1. The van der Waals surface area contributed by atoms with E-state index in [2.05, 4.69) is 9.97 Å². The molecule has 0 spiro atoms. The van der Waals surface area contributed by atoms with Gasteiger partial charge in [0.05, 0.1) is 41.9 Å². The van der Waals surface area contributed by atoms with E-state index in [4.69, 9.17) is 0 Å². The summed E-state index contributed by atoms with van der Waals surface area (Å²) < 4.78 is 3.35. The van der Waals surface area contributed by atoms with Crippen molar-refractivity contribution in [2.75, 3.05) is 26.3 Å². The van der Waals surface area contributed by atoms with Gasteiger partial charge in [0.25, 0.3) is 0 Å². The minimum atomic E-state index is -1.22. The average Bonchev–Trinajstić information content (AvgIpc) is 3.30. The van der Waals surface area contributed by atoms with Gasteiger partial charge >= 0.3 is 5.69 Å². The van der Waals surface area contributed by atoms with E-state index < -0.39 is 18.6 Å². The minimum Gasteiger partial charge on any atom is -0.395 e. The van der Waals surface area contributed by atoms with Gasteiger partial charge < -0.3 is 20.1 Å². The third kappa shape index (κ3) is 2.65. The van der Waals surface area contributed by atoms with Crippen molar-refractivity contribution >= 4 is 28.0 Å².